The maximum atomic E-state index is 12.6. The van der Waals surface area contributed by atoms with Gasteiger partial charge in [-0.15, -0.1) is 0 Å². The summed E-state index contributed by atoms with van der Waals surface area (Å²) >= 11 is 0. The fraction of sp³-hybridized carbons (Fsp3) is 0.190. The SMILES string of the molecule is CCCN(Cc1ccc(C(=O)Nc2ccccc2N)cc1)C(=O)c1cn[nH]c1. The van der Waals surface area contributed by atoms with E-state index in [-0.39, 0.29) is 11.8 Å². The van der Waals surface area contributed by atoms with Crippen LogP contribution in [0.15, 0.2) is 60.9 Å². The Labute approximate surface area is 163 Å². The molecule has 0 saturated heterocycles. The van der Waals surface area contributed by atoms with E-state index in [9.17, 15) is 9.59 Å². The van der Waals surface area contributed by atoms with E-state index in [1.165, 1.54) is 6.20 Å². The van der Waals surface area contributed by atoms with Crippen molar-refractivity contribution in [3.63, 3.8) is 0 Å². The summed E-state index contributed by atoms with van der Waals surface area (Å²) in [5.41, 5.74) is 8.96. The van der Waals surface area contributed by atoms with Crippen LogP contribution in [0.5, 0.6) is 0 Å². The number of nitrogens with two attached hydrogens (primary N) is 1. The van der Waals surface area contributed by atoms with Crippen molar-refractivity contribution in [1.82, 2.24) is 15.1 Å². The van der Waals surface area contributed by atoms with Crippen LogP contribution in [0, 0.1) is 0 Å². The molecule has 0 aliphatic rings. The number of aromatic amines is 1. The van der Waals surface area contributed by atoms with E-state index in [0.29, 0.717) is 35.6 Å². The summed E-state index contributed by atoms with van der Waals surface area (Å²) in [5.74, 6) is -0.304. The zero-order chi connectivity index (χ0) is 19.9. The zero-order valence-corrected chi connectivity index (χ0v) is 15.7. The highest BCUT2D eigenvalue weighted by Gasteiger charge is 2.16. The van der Waals surface area contributed by atoms with Crippen LogP contribution in [-0.4, -0.2) is 33.5 Å². The Kier molecular flexibility index (Phi) is 6.06. The van der Waals surface area contributed by atoms with Crippen LogP contribution in [0.3, 0.4) is 0 Å². The number of nitrogens with one attached hydrogen (secondary N) is 2. The Morgan fingerprint density at radius 3 is 2.50 bits per heavy atom. The molecule has 7 heteroatoms. The summed E-state index contributed by atoms with van der Waals surface area (Å²) in [7, 11) is 0. The van der Waals surface area contributed by atoms with Crippen molar-refractivity contribution in [3.8, 4) is 0 Å². The summed E-state index contributed by atoms with van der Waals surface area (Å²) in [5, 5.41) is 9.31. The van der Waals surface area contributed by atoms with E-state index in [1.54, 1.807) is 35.4 Å². The highest BCUT2D eigenvalue weighted by molar-refractivity contribution is 6.05. The number of nitrogens with zero attached hydrogens (tertiary/aromatic N) is 2. The third kappa shape index (κ3) is 4.56. The normalized spacial score (nSPS) is 10.5. The van der Waals surface area contributed by atoms with Gasteiger partial charge in [-0.25, -0.2) is 0 Å². The molecular formula is C21H23N5O2. The molecule has 0 saturated carbocycles. The molecule has 3 aromatic rings. The molecule has 0 spiro atoms. The minimum atomic E-state index is -0.232. The van der Waals surface area contributed by atoms with Crippen LogP contribution < -0.4 is 11.1 Å². The number of nitrogen functional groups attached to an aromatic ring is 1. The van der Waals surface area contributed by atoms with Gasteiger partial charge in [-0.3, -0.25) is 14.7 Å². The van der Waals surface area contributed by atoms with Gasteiger partial charge in [0.25, 0.3) is 11.8 Å². The first-order valence-electron chi connectivity index (χ1n) is 9.11. The highest BCUT2D eigenvalue weighted by Crippen LogP contribution is 2.18. The van der Waals surface area contributed by atoms with Crippen molar-refractivity contribution in [2.24, 2.45) is 0 Å². The number of H-pyrrole nitrogens is 1. The Bertz CT molecular complexity index is 936. The summed E-state index contributed by atoms with van der Waals surface area (Å²) in [6.07, 6.45) is 3.96. The quantitative estimate of drug-likeness (QED) is 0.550. The molecule has 0 radical (unpaired) electrons. The van der Waals surface area contributed by atoms with E-state index in [2.05, 4.69) is 15.5 Å². The van der Waals surface area contributed by atoms with Gasteiger partial charge in [0, 0.05) is 24.8 Å². The Hall–Kier alpha value is -3.61. The summed E-state index contributed by atoms with van der Waals surface area (Å²) < 4.78 is 0. The number of carbonyl (C=O) groups excluding carboxylic acids is 2. The molecule has 0 aliphatic carbocycles. The number of hydrogen-bond acceptors (Lipinski definition) is 4. The molecule has 0 unspecified atom stereocenters. The fourth-order valence-electron chi connectivity index (χ4n) is 2.86. The molecule has 2 aromatic carbocycles. The molecule has 28 heavy (non-hydrogen) atoms. The lowest BCUT2D eigenvalue weighted by molar-refractivity contribution is 0.0743. The van der Waals surface area contributed by atoms with Crippen molar-refractivity contribution in [1.29, 1.82) is 0 Å². The lowest BCUT2D eigenvalue weighted by Gasteiger charge is -2.21. The first kappa shape index (κ1) is 19.2. The van der Waals surface area contributed by atoms with Crippen LogP contribution in [-0.2, 0) is 6.54 Å². The number of aromatic nitrogens is 2. The molecule has 7 nitrogen and oxygen atoms in total. The lowest BCUT2D eigenvalue weighted by atomic mass is 10.1. The molecule has 1 aromatic heterocycles. The van der Waals surface area contributed by atoms with E-state index >= 15 is 0 Å². The van der Waals surface area contributed by atoms with Gasteiger partial charge in [-0.2, -0.15) is 5.10 Å². The monoisotopic (exact) mass is 377 g/mol. The third-order valence-corrected chi connectivity index (χ3v) is 4.32. The van der Waals surface area contributed by atoms with Gasteiger partial charge in [0.05, 0.1) is 23.1 Å². The molecule has 0 bridgehead atoms. The topological polar surface area (TPSA) is 104 Å². The van der Waals surface area contributed by atoms with E-state index in [1.807, 2.05) is 31.2 Å². The van der Waals surface area contributed by atoms with E-state index < -0.39 is 0 Å². The van der Waals surface area contributed by atoms with Crippen LogP contribution in [0.4, 0.5) is 11.4 Å². The minimum Gasteiger partial charge on any atom is -0.397 e. The van der Waals surface area contributed by atoms with Crippen LogP contribution >= 0.6 is 0 Å². The average Bonchev–Trinajstić information content (AvgIpc) is 3.24. The minimum absolute atomic E-state index is 0.0722. The third-order valence-electron chi connectivity index (χ3n) is 4.32. The number of amides is 2. The molecule has 144 valence electrons. The molecule has 3 rings (SSSR count). The van der Waals surface area contributed by atoms with Gasteiger partial charge >= 0.3 is 0 Å². The number of rotatable bonds is 7. The van der Waals surface area contributed by atoms with Gasteiger partial charge in [-0.1, -0.05) is 31.2 Å². The number of para-hydroxylation sites is 2. The van der Waals surface area contributed by atoms with Gasteiger partial charge < -0.3 is 16.0 Å². The summed E-state index contributed by atoms with van der Waals surface area (Å²) in [6, 6.07) is 14.3. The van der Waals surface area contributed by atoms with Gasteiger partial charge in [0.1, 0.15) is 0 Å². The molecule has 4 N–H and O–H groups in total. The molecule has 0 fully saturated rings. The number of carbonyl (C=O) groups is 2. The molecule has 2 amide bonds. The standard InChI is InChI=1S/C21H23N5O2/c1-2-11-26(21(28)17-12-23-24-13-17)14-15-7-9-16(10-8-15)20(27)25-19-6-4-3-5-18(19)22/h3-10,12-13H,2,11,14,22H2,1H3,(H,23,24)(H,25,27). The Morgan fingerprint density at radius 2 is 1.86 bits per heavy atom. The largest absolute Gasteiger partial charge is 0.397 e. The maximum Gasteiger partial charge on any atom is 0.257 e. The number of hydrogen-bond donors (Lipinski definition) is 3. The lowest BCUT2D eigenvalue weighted by Crippen LogP contribution is -2.31. The first-order chi connectivity index (χ1) is 13.6. The second-order valence-corrected chi connectivity index (χ2v) is 6.45. The van der Waals surface area contributed by atoms with E-state index in [4.69, 9.17) is 5.73 Å². The Balaban J connectivity index is 1.68. The predicted molar refractivity (Wildman–Crippen MR) is 109 cm³/mol. The number of benzene rings is 2. The van der Waals surface area contributed by atoms with Crippen molar-refractivity contribution in [3.05, 3.63) is 77.6 Å². The number of anilines is 2. The average molecular weight is 377 g/mol. The van der Waals surface area contributed by atoms with Crippen molar-refractivity contribution in [2.45, 2.75) is 19.9 Å². The van der Waals surface area contributed by atoms with E-state index in [0.717, 1.165) is 12.0 Å². The Morgan fingerprint density at radius 1 is 1.11 bits per heavy atom. The summed E-state index contributed by atoms with van der Waals surface area (Å²) in [6.45, 7) is 3.13. The smallest absolute Gasteiger partial charge is 0.257 e. The molecule has 0 atom stereocenters. The second kappa shape index (κ2) is 8.85. The zero-order valence-electron chi connectivity index (χ0n) is 15.7. The van der Waals surface area contributed by atoms with Crippen molar-refractivity contribution < 1.29 is 9.59 Å². The van der Waals surface area contributed by atoms with Crippen molar-refractivity contribution in [2.75, 3.05) is 17.6 Å². The van der Waals surface area contributed by atoms with Gasteiger partial charge in [0.2, 0.25) is 0 Å². The molecular weight excluding hydrogens is 354 g/mol. The fourth-order valence-corrected chi connectivity index (χ4v) is 2.86. The molecule has 1 heterocycles. The van der Waals surface area contributed by atoms with Crippen LogP contribution in [0.2, 0.25) is 0 Å². The van der Waals surface area contributed by atoms with Gasteiger partial charge in [-0.05, 0) is 36.2 Å². The first-order valence-corrected chi connectivity index (χ1v) is 9.11. The van der Waals surface area contributed by atoms with Gasteiger partial charge in [0.15, 0.2) is 0 Å². The molecule has 0 aliphatic heterocycles. The second-order valence-electron chi connectivity index (χ2n) is 6.45. The van der Waals surface area contributed by atoms with Crippen molar-refractivity contribution >= 4 is 23.2 Å². The van der Waals surface area contributed by atoms with Crippen LogP contribution in [0.25, 0.3) is 0 Å². The predicted octanol–water partition coefficient (Wildman–Crippen LogP) is 3.30. The highest BCUT2D eigenvalue weighted by atomic mass is 16.2. The van der Waals surface area contributed by atoms with Crippen LogP contribution in [0.1, 0.15) is 39.6 Å². The maximum absolute atomic E-state index is 12.6. The summed E-state index contributed by atoms with van der Waals surface area (Å²) in [4.78, 5) is 26.8.